The second kappa shape index (κ2) is 7.36. The number of aryl methyl sites for hydroxylation is 2. The van der Waals surface area contributed by atoms with E-state index in [1.54, 1.807) is 7.11 Å². The maximum absolute atomic E-state index is 6.04. The lowest BCUT2D eigenvalue weighted by Gasteiger charge is -2.09. The molecule has 0 radical (unpaired) electrons. The van der Waals surface area contributed by atoms with E-state index in [2.05, 4.69) is 26.3 Å². The Morgan fingerprint density at radius 1 is 1.59 bits per heavy atom. The zero-order chi connectivity index (χ0) is 12.8. The number of aromatic nitrogens is 2. The van der Waals surface area contributed by atoms with Crippen LogP contribution in [0.1, 0.15) is 17.8 Å². The summed E-state index contributed by atoms with van der Waals surface area (Å²) < 4.78 is 7.94. The minimum atomic E-state index is 0.0733. The molecule has 1 rings (SSSR count). The third kappa shape index (κ3) is 4.58. The minimum absolute atomic E-state index is 0.0733. The van der Waals surface area contributed by atoms with Gasteiger partial charge in [0.15, 0.2) is 0 Å². The average Bonchev–Trinajstić information content (AvgIpc) is 2.50. The number of hydrogen-bond donors (Lipinski definition) is 1. The van der Waals surface area contributed by atoms with E-state index in [1.807, 2.05) is 18.7 Å². The Morgan fingerprint density at radius 2 is 2.29 bits per heavy atom. The quantitative estimate of drug-likeness (QED) is 0.617. The zero-order valence-electron chi connectivity index (χ0n) is 10.5. The molecule has 17 heavy (non-hydrogen) atoms. The first-order chi connectivity index (χ1) is 8.06. The van der Waals surface area contributed by atoms with Crippen molar-refractivity contribution in [2.24, 2.45) is 7.05 Å². The van der Waals surface area contributed by atoms with Gasteiger partial charge in [0, 0.05) is 20.7 Å². The number of halogens is 2. The molecule has 6 heteroatoms. The van der Waals surface area contributed by atoms with Crippen molar-refractivity contribution < 1.29 is 4.74 Å². The Labute approximate surface area is 116 Å². The van der Waals surface area contributed by atoms with E-state index in [0.29, 0.717) is 6.61 Å². The van der Waals surface area contributed by atoms with E-state index in [0.717, 1.165) is 35.4 Å². The second-order valence-corrected chi connectivity index (χ2v) is 5.40. The monoisotopic (exact) mass is 323 g/mol. The van der Waals surface area contributed by atoms with Crippen LogP contribution in [-0.2, 0) is 18.3 Å². The summed E-state index contributed by atoms with van der Waals surface area (Å²) >= 11 is 9.58. The molecule has 1 N–H and O–H groups in total. The Kier molecular flexibility index (Phi) is 6.48. The fourth-order valence-corrected chi connectivity index (χ4v) is 2.31. The number of ether oxygens (including phenoxy) is 1. The van der Waals surface area contributed by atoms with Crippen LogP contribution >= 0.6 is 27.5 Å². The molecular formula is C11H19BrClN3O. The molecule has 0 saturated heterocycles. The highest BCUT2D eigenvalue weighted by atomic mass is 79.9. The van der Waals surface area contributed by atoms with Crippen molar-refractivity contribution in [3.05, 3.63) is 15.9 Å². The summed E-state index contributed by atoms with van der Waals surface area (Å²) in [5.41, 5.74) is 2.17. The van der Waals surface area contributed by atoms with Gasteiger partial charge in [-0.15, -0.1) is 11.6 Å². The van der Waals surface area contributed by atoms with Gasteiger partial charge in [0.05, 0.1) is 27.8 Å². The van der Waals surface area contributed by atoms with Crippen molar-refractivity contribution in [3.8, 4) is 0 Å². The van der Waals surface area contributed by atoms with Gasteiger partial charge in [-0.3, -0.25) is 4.68 Å². The van der Waals surface area contributed by atoms with Crippen molar-refractivity contribution in [3.63, 3.8) is 0 Å². The molecule has 0 bridgehead atoms. The molecule has 0 aliphatic heterocycles. The van der Waals surface area contributed by atoms with Crippen LogP contribution in [0.25, 0.3) is 0 Å². The molecule has 0 fully saturated rings. The van der Waals surface area contributed by atoms with Gasteiger partial charge in [-0.1, -0.05) is 0 Å². The van der Waals surface area contributed by atoms with Crippen LogP contribution in [0.4, 0.5) is 0 Å². The number of nitrogens with zero attached hydrogens (tertiary/aromatic N) is 2. The standard InChI is InChI=1S/C11H19BrClN3O/c1-8-11(12)10(16(2)15-8)6-14-5-4-9(13)7-17-3/h9,14H,4-7H2,1-3H3. The topological polar surface area (TPSA) is 39.1 Å². The van der Waals surface area contributed by atoms with E-state index >= 15 is 0 Å². The fourth-order valence-electron chi connectivity index (χ4n) is 1.60. The van der Waals surface area contributed by atoms with Gasteiger partial charge in [0.25, 0.3) is 0 Å². The van der Waals surface area contributed by atoms with Crippen LogP contribution in [0.3, 0.4) is 0 Å². The van der Waals surface area contributed by atoms with E-state index in [-0.39, 0.29) is 5.38 Å². The van der Waals surface area contributed by atoms with Gasteiger partial charge in [0.2, 0.25) is 0 Å². The lowest BCUT2D eigenvalue weighted by atomic mass is 10.3. The SMILES string of the molecule is COCC(Cl)CCNCc1c(Br)c(C)nn1C. The lowest BCUT2D eigenvalue weighted by molar-refractivity contribution is 0.195. The van der Waals surface area contributed by atoms with Crippen molar-refractivity contribution in [2.75, 3.05) is 20.3 Å². The molecule has 1 aromatic rings. The van der Waals surface area contributed by atoms with Gasteiger partial charge >= 0.3 is 0 Å². The van der Waals surface area contributed by atoms with Crippen LogP contribution in [0, 0.1) is 6.92 Å². The summed E-state index contributed by atoms with van der Waals surface area (Å²) in [4.78, 5) is 0. The Balaban J connectivity index is 2.31. The summed E-state index contributed by atoms with van der Waals surface area (Å²) in [6.07, 6.45) is 0.893. The smallest absolute Gasteiger partial charge is 0.0739 e. The predicted molar refractivity (Wildman–Crippen MR) is 73.5 cm³/mol. The molecule has 0 spiro atoms. The molecule has 1 aromatic heterocycles. The van der Waals surface area contributed by atoms with E-state index < -0.39 is 0 Å². The summed E-state index contributed by atoms with van der Waals surface area (Å²) in [6, 6.07) is 0. The number of methoxy groups -OCH3 is 1. The molecule has 98 valence electrons. The second-order valence-electron chi connectivity index (χ2n) is 3.99. The van der Waals surface area contributed by atoms with Crippen LogP contribution in [-0.4, -0.2) is 35.4 Å². The predicted octanol–water partition coefficient (Wildman–Crippen LogP) is 2.22. The molecule has 0 saturated carbocycles. The summed E-state index contributed by atoms with van der Waals surface area (Å²) in [6.45, 7) is 4.24. The third-order valence-electron chi connectivity index (χ3n) is 2.54. The molecule has 0 aliphatic carbocycles. The molecule has 1 atom stereocenters. The summed E-state index contributed by atoms with van der Waals surface area (Å²) in [5, 5.41) is 7.77. The highest BCUT2D eigenvalue weighted by Crippen LogP contribution is 2.19. The van der Waals surface area contributed by atoms with Crippen LogP contribution in [0.5, 0.6) is 0 Å². The lowest BCUT2D eigenvalue weighted by Crippen LogP contribution is -2.21. The fraction of sp³-hybridized carbons (Fsp3) is 0.727. The van der Waals surface area contributed by atoms with Gasteiger partial charge < -0.3 is 10.1 Å². The molecular weight excluding hydrogens is 305 g/mol. The third-order valence-corrected chi connectivity index (χ3v) is 3.91. The number of nitrogens with one attached hydrogen (secondary N) is 1. The average molecular weight is 325 g/mol. The van der Waals surface area contributed by atoms with Crippen LogP contribution in [0.15, 0.2) is 4.47 Å². The first-order valence-corrected chi connectivity index (χ1v) is 6.81. The maximum atomic E-state index is 6.04. The van der Waals surface area contributed by atoms with E-state index in [9.17, 15) is 0 Å². The van der Waals surface area contributed by atoms with Gasteiger partial charge in [-0.05, 0) is 35.8 Å². The first-order valence-electron chi connectivity index (χ1n) is 5.58. The van der Waals surface area contributed by atoms with Crippen molar-refractivity contribution in [2.45, 2.75) is 25.3 Å². The van der Waals surface area contributed by atoms with E-state index in [4.69, 9.17) is 16.3 Å². The number of rotatable bonds is 7. The van der Waals surface area contributed by atoms with E-state index in [1.165, 1.54) is 0 Å². The molecule has 0 amide bonds. The molecule has 1 heterocycles. The van der Waals surface area contributed by atoms with Crippen LogP contribution < -0.4 is 5.32 Å². The van der Waals surface area contributed by atoms with Crippen molar-refractivity contribution >= 4 is 27.5 Å². The van der Waals surface area contributed by atoms with Gasteiger partial charge in [0.1, 0.15) is 0 Å². The summed E-state index contributed by atoms with van der Waals surface area (Å²) in [7, 11) is 3.61. The largest absolute Gasteiger partial charge is 0.383 e. The minimum Gasteiger partial charge on any atom is -0.383 e. The first kappa shape index (κ1) is 15.0. The molecule has 1 unspecified atom stereocenters. The van der Waals surface area contributed by atoms with Gasteiger partial charge in [-0.25, -0.2) is 0 Å². The molecule has 0 aromatic carbocycles. The number of alkyl halides is 1. The summed E-state index contributed by atoms with van der Waals surface area (Å²) in [5.74, 6) is 0. The molecule has 4 nitrogen and oxygen atoms in total. The molecule has 0 aliphatic rings. The van der Waals surface area contributed by atoms with Crippen LogP contribution in [0.2, 0.25) is 0 Å². The Morgan fingerprint density at radius 3 is 2.82 bits per heavy atom. The normalized spacial score (nSPS) is 13.0. The zero-order valence-corrected chi connectivity index (χ0v) is 12.8. The van der Waals surface area contributed by atoms with Gasteiger partial charge in [-0.2, -0.15) is 5.10 Å². The Hall–Kier alpha value is -0.100. The highest BCUT2D eigenvalue weighted by Gasteiger charge is 2.10. The van der Waals surface area contributed by atoms with Crippen molar-refractivity contribution in [1.82, 2.24) is 15.1 Å². The highest BCUT2D eigenvalue weighted by molar-refractivity contribution is 9.10. The maximum Gasteiger partial charge on any atom is 0.0739 e. The Bertz CT molecular complexity index is 357. The van der Waals surface area contributed by atoms with Crippen molar-refractivity contribution in [1.29, 1.82) is 0 Å². The number of hydrogen-bond acceptors (Lipinski definition) is 3.